The number of hydrogen-bond acceptors (Lipinski definition) is 3. The van der Waals surface area contributed by atoms with Crippen LogP contribution in [-0.4, -0.2) is 30.2 Å². The molecular weight excluding hydrogens is 345 g/mol. The summed E-state index contributed by atoms with van der Waals surface area (Å²) in [5.41, 5.74) is 1.43. The standard InChI is InChI=1S/C15H15Cl2NO3S/c1-9-4-6-11(7-5-9)22(20,21)18-14-10(2)8-12(19)13(16)15(14,3)17/h4-8,13H,1-3H3/t13-,15-/m0/s1. The minimum Gasteiger partial charge on any atom is -0.293 e. The molecule has 0 radical (unpaired) electrons. The van der Waals surface area contributed by atoms with Crippen LogP contribution in [0.25, 0.3) is 0 Å². The van der Waals surface area contributed by atoms with Crippen molar-refractivity contribution in [1.29, 1.82) is 0 Å². The van der Waals surface area contributed by atoms with E-state index in [1.54, 1.807) is 19.1 Å². The Morgan fingerprint density at radius 3 is 2.27 bits per heavy atom. The van der Waals surface area contributed by atoms with E-state index >= 15 is 0 Å². The number of benzene rings is 1. The molecule has 0 saturated carbocycles. The Labute approximate surface area is 139 Å². The highest BCUT2D eigenvalue weighted by Gasteiger charge is 2.44. The molecule has 0 amide bonds. The molecule has 2 atom stereocenters. The smallest absolute Gasteiger partial charge is 0.282 e. The van der Waals surface area contributed by atoms with Gasteiger partial charge in [-0.05, 0) is 44.6 Å². The van der Waals surface area contributed by atoms with Gasteiger partial charge < -0.3 is 0 Å². The highest BCUT2D eigenvalue weighted by atomic mass is 35.5. The Bertz CT molecular complexity index is 778. The Hall–Kier alpha value is -1.17. The van der Waals surface area contributed by atoms with E-state index in [4.69, 9.17) is 23.2 Å². The molecule has 0 aromatic heterocycles. The molecule has 22 heavy (non-hydrogen) atoms. The maximum Gasteiger partial charge on any atom is 0.282 e. The first kappa shape index (κ1) is 17.2. The number of halogens is 2. The van der Waals surface area contributed by atoms with E-state index in [-0.39, 0.29) is 16.4 Å². The average Bonchev–Trinajstić information content (AvgIpc) is 2.42. The number of ketones is 1. The summed E-state index contributed by atoms with van der Waals surface area (Å²) in [6.07, 6.45) is 1.27. The first-order valence-electron chi connectivity index (χ1n) is 6.53. The normalized spacial score (nSPS) is 27.9. The van der Waals surface area contributed by atoms with Crippen LogP contribution in [0.5, 0.6) is 0 Å². The van der Waals surface area contributed by atoms with Gasteiger partial charge in [0.15, 0.2) is 5.78 Å². The summed E-state index contributed by atoms with van der Waals surface area (Å²) in [7, 11) is -3.93. The molecular formula is C15H15Cl2NO3S. The lowest BCUT2D eigenvalue weighted by Gasteiger charge is -2.31. The number of carbonyl (C=O) groups excluding carboxylic acids is 1. The predicted octanol–water partition coefficient (Wildman–Crippen LogP) is 3.26. The summed E-state index contributed by atoms with van der Waals surface area (Å²) < 4.78 is 28.7. The van der Waals surface area contributed by atoms with Crippen LogP contribution >= 0.6 is 23.2 Å². The molecule has 118 valence electrons. The third kappa shape index (κ3) is 3.12. The second-order valence-electron chi connectivity index (χ2n) is 5.40. The third-order valence-electron chi connectivity index (χ3n) is 3.45. The van der Waals surface area contributed by atoms with Crippen LogP contribution in [0.1, 0.15) is 19.4 Å². The molecule has 0 saturated heterocycles. The number of carbonyl (C=O) groups is 1. The minimum atomic E-state index is -3.93. The molecule has 0 fully saturated rings. The molecule has 1 aliphatic carbocycles. The van der Waals surface area contributed by atoms with Crippen LogP contribution in [0.2, 0.25) is 0 Å². The van der Waals surface area contributed by atoms with Crippen molar-refractivity contribution < 1.29 is 13.2 Å². The summed E-state index contributed by atoms with van der Waals surface area (Å²) in [6, 6.07) is 6.33. The second kappa shape index (κ2) is 5.80. The summed E-state index contributed by atoms with van der Waals surface area (Å²) >= 11 is 12.3. The quantitative estimate of drug-likeness (QED) is 0.761. The number of aryl methyl sites for hydroxylation is 1. The molecule has 0 aliphatic heterocycles. The van der Waals surface area contributed by atoms with Gasteiger partial charge in [-0.15, -0.1) is 23.2 Å². The fraction of sp³-hybridized carbons (Fsp3) is 0.333. The number of rotatable bonds is 2. The van der Waals surface area contributed by atoms with E-state index in [1.807, 2.05) is 6.92 Å². The van der Waals surface area contributed by atoms with E-state index in [9.17, 15) is 13.2 Å². The monoisotopic (exact) mass is 359 g/mol. The molecule has 4 nitrogen and oxygen atoms in total. The van der Waals surface area contributed by atoms with Gasteiger partial charge in [0.2, 0.25) is 0 Å². The van der Waals surface area contributed by atoms with Crippen LogP contribution in [0.4, 0.5) is 0 Å². The van der Waals surface area contributed by atoms with Crippen molar-refractivity contribution in [3.8, 4) is 0 Å². The maximum atomic E-state index is 12.4. The van der Waals surface area contributed by atoms with Crippen molar-refractivity contribution in [3.05, 3.63) is 41.5 Å². The van der Waals surface area contributed by atoms with Gasteiger partial charge in [-0.25, -0.2) is 0 Å². The lowest BCUT2D eigenvalue weighted by molar-refractivity contribution is -0.114. The van der Waals surface area contributed by atoms with Crippen molar-refractivity contribution in [2.24, 2.45) is 4.40 Å². The zero-order valence-electron chi connectivity index (χ0n) is 12.3. The van der Waals surface area contributed by atoms with Crippen LogP contribution < -0.4 is 0 Å². The number of alkyl halides is 2. The molecule has 1 aromatic carbocycles. The fourth-order valence-corrected chi connectivity index (χ4v) is 3.85. The van der Waals surface area contributed by atoms with Gasteiger partial charge in [-0.3, -0.25) is 4.79 Å². The van der Waals surface area contributed by atoms with Crippen LogP contribution in [0, 0.1) is 6.92 Å². The van der Waals surface area contributed by atoms with Gasteiger partial charge >= 0.3 is 0 Å². The molecule has 0 bridgehead atoms. The second-order valence-corrected chi connectivity index (χ2v) is 8.22. The first-order chi connectivity index (χ1) is 10.1. The zero-order valence-corrected chi connectivity index (χ0v) is 14.6. The number of hydrogen-bond donors (Lipinski definition) is 0. The van der Waals surface area contributed by atoms with Gasteiger partial charge in [0.25, 0.3) is 10.0 Å². The Balaban J connectivity index is 2.57. The Morgan fingerprint density at radius 1 is 1.18 bits per heavy atom. The molecule has 1 aromatic rings. The van der Waals surface area contributed by atoms with Crippen molar-refractivity contribution in [2.45, 2.75) is 35.9 Å². The highest BCUT2D eigenvalue weighted by molar-refractivity contribution is 7.90. The topological polar surface area (TPSA) is 63.6 Å². The van der Waals surface area contributed by atoms with Gasteiger partial charge in [0.1, 0.15) is 10.3 Å². The zero-order chi connectivity index (χ0) is 16.7. The largest absolute Gasteiger partial charge is 0.293 e. The van der Waals surface area contributed by atoms with Crippen LogP contribution in [0.3, 0.4) is 0 Å². The number of allylic oxidation sites excluding steroid dienone is 2. The SMILES string of the molecule is CC1=CC(=O)[C@H](Cl)[C@](C)(Cl)C1=NS(=O)(=O)c1ccc(C)cc1. The maximum absolute atomic E-state index is 12.4. The molecule has 2 rings (SSSR count). The van der Waals surface area contributed by atoms with E-state index in [0.29, 0.717) is 5.57 Å². The lowest BCUT2D eigenvalue weighted by atomic mass is 9.87. The lowest BCUT2D eigenvalue weighted by Crippen LogP contribution is -2.46. The van der Waals surface area contributed by atoms with Crippen molar-refractivity contribution >= 4 is 44.7 Å². The van der Waals surface area contributed by atoms with Gasteiger partial charge in [0.05, 0.1) is 10.6 Å². The summed E-state index contributed by atoms with van der Waals surface area (Å²) in [6.45, 7) is 4.94. The summed E-state index contributed by atoms with van der Waals surface area (Å²) in [5, 5.41) is -1.06. The predicted molar refractivity (Wildman–Crippen MR) is 88.5 cm³/mol. The van der Waals surface area contributed by atoms with E-state index in [0.717, 1.165) is 5.56 Å². The van der Waals surface area contributed by atoms with Gasteiger partial charge in [-0.2, -0.15) is 12.8 Å². The van der Waals surface area contributed by atoms with Crippen molar-refractivity contribution in [3.63, 3.8) is 0 Å². The molecule has 7 heteroatoms. The van der Waals surface area contributed by atoms with Crippen LogP contribution in [0.15, 0.2) is 45.2 Å². The van der Waals surface area contributed by atoms with E-state index < -0.39 is 20.3 Å². The molecule has 0 spiro atoms. The third-order valence-corrected chi connectivity index (χ3v) is 5.90. The molecule has 1 aliphatic rings. The highest BCUT2D eigenvalue weighted by Crippen LogP contribution is 2.35. The first-order valence-corrected chi connectivity index (χ1v) is 8.79. The Morgan fingerprint density at radius 2 is 1.73 bits per heavy atom. The summed E-state index contributed by atoms with van der Waals surface area (Å²) in [4.78, 5) is 10.4. The average molecular weight is 360 g/mol. The minimum absolute atomic E-state index is 0.0638. The van der Waals surface area contributed by atoms with Crippen molar-refractivity contribution in [1.82, 2.24) is 0 Å². The van der Waals surface area contributed by atoms with Gasteiger partial charge in [0, 0.05) is 0 Å². The Kier molecular flexibility index (Phi) is 4.53. The number of sulfonamides is 1. The number of nitrogens with zero attached hydrogens (tertiary/aromatic N) is 1. The van der Waals surface area contributed by atoms with E-state index in [2.05, 4.69) is 4.40 Å². The van der Waals surface area contributed by atoms with E-state index in [1.165, 1.54) is 25.1 Å². The molecule has 0 N–H and O–H groups in total. The fourth-order valence-electron chi connectivity index (χ4n) is 2.17. The van der Waals surface area contributed by atoms with Gasteiger partial charge in [-0.1, -0.05) is 17.7 Å². The van der Waals surface area contributed by atoms with Crippen LogP contribution in [-0.2, 0) is 14.8 Å². The summed E-state index contributed by atoms with van der Waals surface area (Å²) in [5.74, 6) is -0.358. The molecule has 0 unspecified atom stereocenters. The molecule has 0 heterocycles. The van der Waals surface area contributed by atoms with Crippen molar-refractivity contribution in [2.75, 3.05) is 0 Å².